The molecular weight excluding hydrogens is 376 g/mol. The normalized spacial score (nSPS) is 13.4. The first-order valence-corrected chi connectivity index (χ1v) is 8.96. The second-order valence-corrected chi connectivity index (χ2v) is 6.50. The van der Waals surface area contributed by atoms with Crippen LogP contribution in [0.3, 0.4) is 0 Å². The van der Waals surface area contributed by atoms with Gasteiger partial charge in [0.25, 0.3) is 5.91 Å². The number of nitrogens with zero attached hydrogens (tertiary/aromatic N) is 1. The van der Waals surface area contributed by atoms with Gasteiger partial charge in [-0.3, -0.25) is 19.3 Å². The molecule has 1 aliphatic heterocycles. The number of hydrogen-bond acceptors (Lipinski definition) is 6. The van der Waals surface area contributed by atoms with Crippen molar-refractivity contribution >= 4 is 35.1 Å². The summed E-state index contributed by atoms with van der Waals surface area (Å²) in [6.45, 7) is 1.41. The largest absolute Gasteiger partial charge is 0.495 e. The molecule has 8 heteroatoms. The molecule has 8 nitrogen and oxygen atoms in total. The Balaban J connectivity index is 1.58. The van der Waals surface area contributed by atoms with Crippen LogP contribution < -0.4 is 15.0 Å². The molecule has 1 N–H and O–H groups in total. The number of hydrogen-bond donors (Lipinski definition) is 1. The average molecular weight is 396 g/mol. The molecule has 1 fully saturated rings. The van der Waals surface area contributed by atoms with E-state index in [2.05, 4.69) is 5.32 Å². The monoisotopic (exact) mass is 396 g/mol. The molecule has 1 saturated heterocycles. The highest BCUT2D eigenvalue weighted by Crippen LogP contribution is 2.25. The van der Waals surface area contributed by atoms with Crippen LogP contribution in [0.4, 0.5) is 11.4 Å². The third kappa shape index (κ3) is 4.60. The highest BCUT2D eigenvalue weighted by Gasteiger charge is 2.30. The standard InChI is InChI=1S/C21H20N2O6/c1-13-3-8-17(28-2)16(11-13)22-18(24)12-29-21(27)14-4-6-15(7-5-14)23-19(25)9-10-20(23)26/h3-8,11H,9-10,12H2,1-2H3,(H,22,24). The molecule has 3 amide bonds. The summed E-state index contributed by atoms with van der Waals surface area (Å²) in [4.78, 5) is 48.9. The number of carbonyl (C=O) groups is 4. The molecule has 2 aromatic rings. The first-order valence-electron chi connectivity index (χ1n) is 8.96. The molecule has 1 heterocycles. The molecular formula is C21H20N2O6. The highest BCUT2D eigenvalue weighted by atomic mass is 16.5. The van der Waals surface area contributed by atoms with Crippen molar-refractivity contribution in [3.63, 3.8) is 0 Å². The predicted molar refractivity (Wildman–Crippen MR) is 105 cm³/mol. The maximum Gasteiger partial charge on any atom is 0.338 e. The van der Waals surface area contributed by atoms with Gasteiger partial charge in [0, 0.05) is 12.8 Å². The number of ether oxygens (including phenoxy) is 2. The molecule has 0 aliphatic carbocycles. The number of aryl methyl sites for hydroxylation is 1. The lowest BCUT2D eigenvalue weighted by Gasteiger charge is -2.14. The summed E-state index contributed by atoms with van der Waals surface area (Å²) in [6.07, 6.45) is 0.368. The summed E-state index contributed by atoms with van der Waals surface area (Å²) in [5, 5.41) is 2.64. The van der Waals surface area contributed by atoms with Gasteiger partial charge in [0.15, 0.2) is 6.61 Å². The zero-order valence-corrected chi connectivity index (χ0v) is 16.1. The van der Waals surface area contributed by atoms with Gasteiger partial charge < -0.3 is 14.8 Å². The van der Waals surface area contributed by atoms with Gasteiger partial charge >= 0.3 is 5.97 Å². The lowest BCUT2D eigenvalue weighted by molar-refractivity contribution is -0.121. The van der Waals surface area contributed by atoms with Crippen LogP contribution in [0, 0.1) is 6.92 Å². The molecule has 0 aromatic heterocycles. The predicted octanol–water partition coefficient (Wildman–Crippen LogP) is 2.45. The van der Waals surface area contributed by atoms with Gasteiger partial charge in [-0.05, 0) is 48.9 Å². The molecule has 150 valence electrons. The first-order chi connectivity index (χ1) is 13.9. The Morgan fingerprint density at radius 2 is 1.69 bits per heavy atom. The van der Waals surface area contributed by atoms with Gasteiger partial charge in [-0.2, -0.15) is 0 Å². The Morgan fingerprint density at radius 3 is 2.31 bits per heavy atom. The summed E-state index contributed by atoms with van der Waals surface area (Å²) in [7, 11) is 1.49. The van der Waals surface area contributed by atoms with E-state index < -0.39 is 18.5 Å². The average Bonchev–Trinajstić information content (AvgIpc) is 3.04. The Kier molecular flexibility index (Phi) is 5.92. The van der Waals surface area contributed by atoms with E-state index in [0.29, 0.717) is 17.1 Å². The minimum Gasteiger partial charge on any atom is -0.495 e. The van der Waals surface area contributed by atoms with Crippen LogP contribution in [0.15, 0.2) is 42.5 Å². The van der Waals surface area contributed by atoms with Crippen molar-refractivity contribution in [2.24, 2.45) is 0 Å². The van der Waals surface area contributed by atoms with Gasteiger partial charge in [0.2, 0.25) is 11.8 Å². The van der Waals surface area contributed by atoms with Crippen molar-refractivity contribution in [1.82, 2.24) is 0 Å². The third-order valence-corrected chi connectivity index (χ3v) is 4.38. The number of carbonyl (C=O) groups excluding carboxylic acids is 4. The van der Waals surface area contributed by atoms with Gasteiger partial charge in [-0.25, -0.2) is 4.79 Å². The molecule has 0 spiro atoms. The second-order valence-electron chi connectivity index (χ2n) is 6.50. The molecule has 0 radical (unpaired) electrons. The highest BCUT2D eigenvalue weighted by molar-refractivity contribution is 6.19. The maximum absolute atomic E-state index is 12.2. The van der Waals surface area contributed by atoms with E-state index in [1.807, 2.05) is 13.0 Å². The van der Waals surface area contributed by atoms with Crippen LogP contribution in [0.5, 0.6) is 5.75 Å². The van der Waals surface area contributed by atoms with Gasteiger partial charge in [-0.15, -0.1) is 0 Å². The fourth-order valence-electron chi connectivity index (χ4n) is 2.93. The lowest BCUT2D eigenvalue weighted by atomic mass is 10.2. The Morgan fingerprint density at radius 1 is 1.03 bits per heavy atom. The summed E-state index contributed by atoms with van der Waals surface area (Å²) >= 11 is 0. The van der Waals surface area contributed by atoms with Gasteiger partial charge in [0.1, 0.15) is 5.75 Å². The molecule has 0 atom stereocenters. The zero-order valence-electron chi connectivity index (χ0n) is 16.1. The molecule has 0 unspecified atom stereocenters. The minimum absolute atomic E-state index is 0.184. The molecule has 2 aromatic carbocycles. The number of esters is 1. The van der Waals surface area contributed by atoms with Crippen LogP contribution in [-0.2, 0) is 19.1 Å². The van der Waals surface area contributed by atoms with Crippen LogP contribution in [-0.4, -0.2) is 37.4 Å². The Labute approximate surface area is 167 Å². The van der Waals surface area contributed by atoms with Crippen molar-refractivity contribution in [1.29, 1.82) is 0 Å². The van der Waals surface area contributed by atoms with E-state index in [1.165, 1.54) is 31.4 Å². The molecule has 29 heavy (non-hydrogen) atoms. The van der Waals surface area contributed by atoms with E-state index in [0.717, 1.165) is 10.5 Å². The van der Waals surface area contributed by atoms with E-state index in [-0.39, 0.29) is 30.2 Å². The number of imide groups is 1. The second kappa shape index (κ2) is 8.55. The minimum atomic E-state index is -0.693. The fourth-order valence-corrected chi connectivity index (χ4v) is 2.93. The van der Waals surface area contributed by atoms with E-state index >= 15 is 0 Å². The SMILES string of the molecule is COc1ccc(C)cc1NC(=O)COC(=O)c1ccc(N2C(=O)CCC2=O)cc1. The summed E-state index contributed by atoms with van der Waals surface area (Å²) in [6, 6.07) is 11.2. The van der Waals surface area contributed by atoms with Crippen molar-refractivity contribution < 1.29 is 28.7 Å². The van der Waals surface area contributed by atoms with Crippen molar-refractivity contribution in [3.05, 3.63) is 53.6 Å². The van der Waals surface area contributed by atoms with Gasteiger partial charge in [0.05, 0.1) is 24.0 Å². The van der Waals surface area contributed by atoms with E-state index in [9.17, 15) is 19.2 Å². The molecule has 0 saturated carbocycles. The van der Waals surface area contributed by atoms with Crippen molar-refractivity contribution in [2.75, 3.05) is 23.9 Å². The topological polar surface area (TPSA) is 102 Å². The van der Waals surface area contributed by atoms with Crippen LogP contribution in [0.1, 0.15) is 28.8 Å². The third-order valence-electron chi connectivity index (χ3n) is 4.38. The Bertz CT molecular complexity index is 952. The summed E-state index contributed by atoms with van der Waals surface area (Å²) in [5.74, 6) is -1.24. The maximum atomic E-state index is 12.2. The Hall–Kier alpha value is -3.68. The number of benzene rings is 2. The van der Waals surface area contributed by atoms with Crippen LogP contribution in [0.2, 0.25) is 0 Å². The summed E-state index contributed by atoms with van der Waals surface area (Å²) in [5.41, 5.74) is 2.03. The van der Waals surface area contributed by atoms with Gasteiger partial charge in [-0.1, -0.05) is 6.07 Å². The number of nitrogens with one attached hydrogen (secondary N) is 1. The fraction of sp³-hybridized carbons (Fsp3) is 0.238. The zero-order chi connectivity index (χ0) is 21.0. The first kappa shape index (κ1) is 20.1. The van der Waals surface area contributed by atoms with Crippen molar-refractivity contribution in [3.8, 4) is 5.75 Å². The molecule has 3 rings (SSSR count). The van der Waals surface area contributed by atoms with Crippen LogP contribution >= 0.6 is 0 Å². The molecule has 1 aliphatic rings. The number of anilines is 2. The lowest BCUT2D eigenvalue weighted by Crippen LogP contribution is -2.28. The van der Waals surface area contributed by atoms with Crippen molar-refractivity contribution in [2.45, 2.75) is 19.8 Å². The number of amides is 3. The quantitative estimate of drug-likeness (QED) is 0.594. The number of rotatable bonds is 6. The van der Waals surface area contributed by atoms with E-state index in [1.54, 1.807) is 12.1 Å². The van der Waals surface area contributed by atoms with Crippen LogP contribution in [0.25, 0.3) is 0 Å². The molecule has 0 bridgehead atoms. The van der Waals surface area contributed by atoms with E-state index in [4.69, 9.17) is 9.47 Å². The number of methoxy groups -OCH3 is 1. The summed E-state index contributed by atoms with van der Waals surface area (Å²) < 4.78 is 10.2. The smallest absolute Gasteiger partial charge is 0.338 e.